The van der Waals surface area contributed by atoms with Gasteiger partial charge in [-0.25, -0.2) is 0 Å². The number of rotatable bonds is 8. The van der Waals surface area contributed by atoms with Crippen molar-refractivity contribution < 1.29 is 9.47 Å². The Kier molecular flexibility index (Phi) is 9.63. The fourth-order valence-electron chi connectivity index (χ4n) is 2.61. The Morgan fingerprint density at radius 1 is 0.704 bits per heavy atom. The average Bonchev–Trinajstić information content (AvgIpc) is 2.92. The summed E-state index contributed by atoms with van der Waals surface area (Å²) in [6.45, 7) is 3.21. The van der Waals surface area contributed by atoms with E-state index in [2.05, 4.69) is 74.4 Å². The zero-order chi connectivity index (χ0) is 17.8. The summed E-state index contributed by atoms with van der Waals surface area (Å²) in [5, 5.41) is 2.47. The highest BCUT2D eigenvalue weighted by Gasteiger charge is 2.08. The normalized spacial score (nSPS) is 10.9. The number of likely N-dealkylation sites (N-methyl/N-ethyl adjacent to an activating group) is 2. The maximum atomic E-state index is 5.89. The number of fused-ring (bicyclic) bond motifs is 3. The minimum atomic E-state index is 0. The van der Waals surface area contributed by atoms with Crippen molar-refractivity contribution in [1.82, 2.24) is 9.80 Å². The third-order valence-corrected chi connectivity index (χ3v) is 5.18. The first-order chi connectivity index (χ1) is 12.0. The summed E-state index contributed by atoms with van der Waals surface area (Å²) < 4.78 is 14.3. The Balaban J connectivity index is 0.00000182. The van der Waals surface area contributed by atoms with Gasteiger partial charge in [-0.15, -0.1) is 36.2 Å². The van der Waals surface area contributed by atoms with E-state index in [0.29, 0.717) is 13.2 Å². The Morgan fingerprint density at radius 2 is 1.11 bits per heavy atom. The van der Waals surface area contributed by atoms with Gasteiger partial charge in [0.2, 0.25) is 0 Å². The minimum Gasteiger partial charge on any atom is -0.492 e. The van der Waals surface area contributed by atoms with Gasteiger partial charge in [0, 0.05) is 33.3 Å². The molecule has 1 heterocycles. The molecular weight excluding hydrogens is 403 g/mol. The molecule has 150 valence electrons. The fourth-order valence-corrected chi connectivity index (χ4v) is 3.67. The van der Waals surface area contributed by atoms with Crippen molar-refractivity contribution in [1.29, 1.82) is 0 Å². The van der Waals surface area contributed by atoms with Crippen molar-refractivity contribution in [2.75, 3.05) is 54.5 Å². The maximum Gasteiger partial charge on any atom is 0.120 e. The molecule has 1 aromatic heterocycles. The van der Waals surface area contributed by atoms with E-state index in [4.69, 9.17) is 9.47 Å². The molecule has 0 bridgehead atoms. The molecule has 0 saturated carbocycles. The van der Waals surface area contributed by atoms with Gasteiger partial charge >= 0.3 is 0 Å². The topological polar surface area (TPSA) is 24.9 Å². The van der Waals surface area contributed by atoms with Crippen molar-refractivity contribution in [3.63, 3.8) is 0 Å². The lowest BCUT2D eigenvalue weighted by Crippen LogP contribution is -2.19. The molecular formula is C20H28Cl2N2O2S. The Labute approximate surface area is 177 Å². The summed E-state index contributed by atoms with van der Waals surface area (Å²) in [6.07, 6.45) is 0. The summed E-state index contributed by atoms with van der Waals surface area (Å²) in [5.74, 6) is 1.85. The van der Waals surface area contributed by atoms with Crippen LogP contribution in [0.15, 0.2) is 36.4 Å². The second-order valence-corrected chi connectivity index (χ2v) is 7.81. The number of benzene rings is 2. The van der Waals surface area contributed by atoms with Gasteiger partial charge in [0.05, 0.1) is 0 Å². The number of hydrogen-bond acceptors (Lipinski definition) is 5. The molecule has 0 aliphatic carbocycles. The standard InChI is InChI=1S/C20H26N2O2S.2ClH/c1-21(2)9-11-23-15-5-7-19-17(13-15)18-14-16(6-8-20(18)25-19)24-12-10-22(3)4;;/h5-8,13-14H,9-12H2,1-4H3;2*1H. The molecule has 0 unspecified atom stereocenters. The van der Waals surface area contributed by atoms with Crippen LogP contribution in [0.2, 0.25) is 0 Å². The van der Waals surface area contributed by atoms with Gasteiger partial charge in [0.1, 0.15) is 24.7 Å². The summed E-state index contributed by atoms with van der Waals surface area (Å²) in [4.78, 5) is 4.24. The second kappa shape index (κ2) is 10.9. The van der Waals surface area contributed by atoms with E-state index in [9.17, 15) is 0 Å². The predicted molar refractivity (Wildman–Crippen MR) is 122 cm³/mol. The van der Waals surface area contributed by atoms with Crippen molar-refractivity contribution in [2.45, 2.75) is 0 Å². The predicted octanol–water partition coefficient (Wildman–Crippen LogP) is 4.78. The van der Waals surface area contributed by atoms with E-state index >= 15 is 0 Å². The van der Waals surface area contributed by atoms with Gasteiger partial charge < -0.3 is 19.3 Å². The SMILES string of the molecule is CN(C)CCOc1ccc2sc3ccc(OCCN(C)C)cc3c2c1.Cl.Cl. The molecule has 4 nitrogen and oxygen atoms in total. The molecule has 0 aliphatic rings. The lowest BCUT2D eigenvalue weighted by atomic mass is 10.1. The van der Waals surface area contributed by atoms with Gasteiger partial charge in [-0.3, -0.25) is 0 Å². The fraction of sp³-hybridized carbons (Fsp3) is 0.400. The van der Waals surface area contributed by atoms with E-state index in [1.807, 2.05) is 11.3 Å². The van der Waals surface area contributed by atoms with Crippen LogP contribution in [0.3, 0.4) is 0 Å². The smallest absolute Gasteiger partial charge is 0.120 e. The second-order valence-electron chi connectivity index (χ2n) is 6.72. The number of hydrogen-bond donors (Lipinski definition) is 0. The van der Waals surface area contributed by atoms with E-state index < -0.39 is 0 Å². The average molecular weight is 431 g/mol. The van der Waals surface area contributed by atoms with E-state index in [1.165, 1.54) is 20.2 Å². The van der Waals surface area contributed by atoms with Crippen LogP contribution < -0.4 is 9.47 Å². The number of ether oxygens (including phenoxy) is 2. The largest absolute Gasteiger partial charge is 0.492 e. The molecule has 3 rings (SSSR count). The van der Waals surface area contributed by atoms with Crippen LogP contribution >= 0.6 is 36.2 Å². The molecule has 3 aromatic rings. The summed E-state index contributed by atoms with van der Waals surface area (Å²) >= 11 is 1.81. The van der Waals surface area contributed by atoms with Gasteiger partial charge in [0.15, 0.2) is 0 Å². The van der Waals surface area contributed by atoms with Gasteiger partial charge in [0.25, 0.3) is 0 Å². The molecule has 27 heavy (non-hydrogen) atoms. The third-order valence-electron chi connectivity index (χ3n) is 4.03. The first-order valence-electron chi connectivity index (χ1n) is 8.54. The van der Waals surface area contributed by atoms with Gasteiger partial charge in [-0.1, -0.05) is 0 Å². The Morgan fingerprint density at radius 3 is 1.48 bits per heavy atom. The van der Waals surface area contributed by atoms with Crippen LogP contribution in [0.4, 0.5) is 0 Å². The van der Waals surface area contributed by atoms with Crippen molar-refractivity contribution in [3.8, 4) is 11.5 Å². The lowest BCUT2D eigenvalue weighted by Gasteiger charge is -2.11. The number of thiophene rings is 1. The molecule has 0 spiro atoms. The lowest BCUT2D eigenvalue weighted by molar-refractivity contribution is 0.261. The van der Waals surface area contributed by atoms with Crippen molar-refractivity contribution in [3.05, 3.63) is 36.4 Å². The van der Waals surface area contributed by atoms with Crippen LogP contribution in [0.5, 0.6) is 11.5 Å². The quantitative estimate of drug-likeness (QED) is 0.513. The van der Waals surface area contributed by atoms with Gasteiger partial charge in [-0.2, -0.15) is 0 Å². The van der Waals surface area contributed by atoms with Gasteiger partial charge in [-0.05, 0) is 64.6 Å². The van der Waals surface area contributed by atoms with Crippen LogP contribution in [-0.2, 0) is 0 Å². The van der Waals surface area contributed by atoms with Crippen LogP contribution in [0, 0.1) is 0 Å². The Bertz CT molecular complexity index is 784. The van der Waals surface area contributed by atoms with Crippen LogP contribution in [0.25, 0.3) is 20.2 Å². The molecule has 0 N–H and O–H groups in total. The minimum absolute atomic E-state index is 0. The first-order valence-corrected chi connectivity index (χ1v) is 9.36. The van der Waals surface area contributed by atoms with Crippen LogP contribution in [-0.4, -0.2) is 64.3 Å². The highest BCUT2D eigenvalue weighted by Crippen LogP contribution is 2.37. The highest BCUT2D eigenvalue weighted by molar-refractivity contribution is 7.25. The molecule has 2 aromatic carbocycles. The Hall–Kier alpha value is -1.24. The number of nitrogens with zero attached hydrogens (tertiary/aromatic N) is 2. The zero-order valence-electron chi connectivity index (χ0n) is 16.2. The van der Waals surface area contributed by atoms with Crippen molar-refractivity contribution in [2.24, 2.45) is 0 Å². The molecule has 0 atom stereocenters. The van der Waals surface area contributed by atoms with E-state index in [0.717, 1.165) is 24.6 Å². The van der Waals surface area contributed by atoms with E-state index in [-0.39, 0.29) is 24.8 Å². The summed E-state index contributed by atoms with van der Waals surface area (Å²) in [7, 11) is 8.21. The maximum absolute atomic E-state index is 5.89. The molecule has 0 fully saturated rings. The van der Waals surface area contributed by atoms with Crippen molar-refractivity contribution >= 4 is 56.3 Å². The monoisotopic (exact) mass is 430 g/mol. The molecule has 0 saturated heterocycles. The van der Waals surface area contributed by atoms with Crippen LogP contribution in [0.1, 0.15) is 0 Å². The molecule has 7 heteroatoms. The summed E-state index contributed by atoms with van der Waals surface area (Å²) in [5.41, 5.74) is 0. The molecule has 0 aliphatic heterocycles. The third kappa shape index (κ3) is 6.40. The van der Waals surface area contributed by atoms with E-state index in [1.54, 1.807) is 0 Å². The zero-order valence-corrected chi connectivity index (χ0v) is 18.7. The molecule has 0 radical (unpaired) electrons. The number of halogens is 2. The molecule has 0 amide bonds. The first kappa shape index (κ1) is 23.8. The highest BCUT2D eigenvalue weighted by atomic mass is 35.5. The summed E-state index contributed by atoms with van der Waals surface area (Å²) in [6, 6.07) is 12.7.